The van der Waals surface area contributed by atoms with Crippen LogP contribution in [-0.4, -0.2) is 50.3 Å². The molecule has 1 unspecified atom stereocenters. The van der Waals surface area contributed by atoms with Gasteiger partial charge in [0.1, 0.15) is 17.6 Å². The molecule has 7 nitrogen and oxygen atoms in total. The summed E-state index contributed by atoms with van der Waals surface area (Å²) in [6, 6.07) is 10.7. The van der Waals surface area contributed by atoms with Crippen LogP contribution in [0.15, 0.2) is 36.4 Å². The Morgan fingerprint density at radius 3 is 2.64 bits per heavy atom. The van der Waals surface area contributed by atoms with Gasteiger partial charge in [-0.25, -0.2) is 0 Å². The van der Waals surface area contributed by atoms with Crippen molar-refractivity contribution >= 4 is 11.8 Å². The molecule has 148 valence electrons. The molecule has 1 heterocycles. The second-order valence-electron chi connectivity index (χ2n) is 6.47. The molecule has 0 radical (unpaired) electrons. The highest BCUT2D eigenvalue weighted by Gasteiger charge is 2.38. The highest BCUT2D eigenvalue weighted by Crippen LogP contribution is 2.45. The third-order valence-electron chi connectivity index (χ3n) is 4.80. The summed E-state index contributed by atoms with van der Waals surface area (Å²) in [5.74, 6) is 0.0962. The Labute approximate surface area is 163 Å². The van der Waals surface area contributed by atoms with Gasteiger partial charge in [0.05, 0.1) is 25.2 Å². The molecular formula is C21H24N2O5. The van der Waals surface area contributed by atoms with Crippen LogP contribution in [0, 0.1) is 0 Å². The normalized spacial score (nSPS) is 17.4. The summed E-state index contributed by atoms with van der Waals surface area (Å²) in [6.45, 7) is 2.06. The topological polar surface area (TPSA) is 96.9 Å². The summed E-state index contributed by atoms with van der Waals surface area (Å²) in [5.41, 5.74) is 2.20. The van der Waals surface area contributed by atoms with Crippen LogP contribution >= 0.6 is 0 Å². The predicted octanol–water partition coefficient (Wildman–Crippen LogP) is 1.69. The molecule has 3 rings (SSSR count). The first-order valence-electron chi connectivity index (χ1n) is 9.13. The maximum atomic E-state index is 12.4. The van der Waals surface area contributed by atoms with E-state index in [1.807, 2.05) is 31.2 Å². The molecule has 0 bridgehead atoms. The van der Waals surface area contributed by atoms with Gasteiger partial charge in [0.15, 0.2) is 0 Å². The van der Waals surface area contributed by atoms with Gasteiger partial charge < -0.3 is 25.2 Å². The summed E-state index contributed by atoms with van der Waals surface area (Å²) >= 11 is 0. The van der Waals surface area contributed by atoms with E-state index in [-0.39, 0.29) is 29.9 Å². The molecule has 2 atom stereocenters. The average molecular weight is 384 g/mol. The highest BCUT2D eigenvalue weighted by atomic mass is 16.5. The van der Waals surface area contributed by atoms with Crippen LogP contribution in [0.5, 0.6) is 11.5 Å². The van der Waals surface area contributed by atoms with Crippen LogP contribution in [0.1, 0.15) is 44.7 Å². The molecule has 0 aliphatic carbocycles. The van der Waals surface area contributed by atoms with Gasteiger partial charge in [0, 0.05) is 24.7 Å². The van der Waals surface area contributed by atoms with E-state index in [9.17, 15) is 14.7 Å². The Kier molecular flexibility index (Phi) is 5.84. The minimum atomic E-state index is -0.574. The van der Waals surface area contributed by atoms with E-state index in [4.69, 9.17) is 9.47 Å². The molecular weight excluding hydrogens is 360 g/mol. The number of nitrogens with one attached hydrogen (secondary N) is 2. The highest BCUT2D eigenvalue weighted by molar-refractivity contribution is 6.02. The summed E-state index contributed by atoms with van der Waals surface area (Å²) < 4.78 is 11.3. The first kappa shape index (κ1) is 19.7. The van der Waals surface area contributed by atoms with Crippen molar-refractivity contribution in [1.82, 2.24) is 10.6 Å². The zero-order chi connectivity index (χ0) is 20.3. The second kappa shape index (κ2) is 8.31. The number of ether oxygens (including phenoxy) is 2. The average Bonchev–Trinajstić information content (AvgIpc) is 3.11. The predicted molar refractivity (Wildman–Crippen MR) is 104 cm³/mol. The number of carbonyl (C=O) groups is 2. The third-order valence-corrected chi connectivity index (χ3v) is 4.80. The van der Waals surface area contributed by atoms with Crippen molar-refractivity contribution in [3.63, 3.8) is 0 Å². The molecule has 1 aliphatic heterocycles. The summed E-state index contributed by atoms with van der Waals surface area (Å²) in [6.07, 6.45) is -0.574. The fourth-order valence-electron chi connectivity index (χ4n) is 3.50. The number of hydrogen-bond acceptors (Lipinski definition) is 5. The molecule has 28 heavy (non-hydrogen) atoms. The van der Waals surface area contributed by atoms with Crippen LogP contribution in [-0.2, 0) is 0 Å². The number of methoxy groups -OCH3 is 1. The SMILES string of the molecule is CCNC(=O)c1cc(C(=O)NC)c2c(c1)[C@H](c1cccc(OC)c1)C(CO)O2. The molecule has 0 spiro atoms. The van der Waals surface area contributed by atoms with Gasteiger partial charge in [-0.15, -0.1) is 0 Å². The number of benzene rings is 2. The fraction of sp³-hybridized carbons (Fsp3) is 0.333. The molecule has 0 fully saturated rings. The lowest BCUT2D eigenvalue weighted by atomic mass is 9.86. The van der Waals surface area contributed by atoms with Crippen molar-refractivity contribution in [2.75, 3.05) is 27.3 Å². The number of amides is 2. The van der Waals surface area contributed by atoms with Gasteiger partial charge >= 0.3 is 0 Å². The third kappa shape index (κ3) is 3.53. The van der Waals surface area contributed by atoms with Crippen molar-refractivity contribution in [2.45, 2.75) is 18.9 Å². The Balaban J connectivity index is 2.19. The van der Waals surface area contributed by atoms with Crippen molar-refractivity contribution in [3.05, 3.63) is 58.7 Å². The minimum Gasteiger partial charge on any atom is -0.497 e. The summed E-state index contributed by atoms with van der Waals surface area (Å²) in [5, 5.41) is 15.2. The Bertz CT molecular complexity index is 896. The lowest BCUT2D eigenvalue weighted by molar-refractivity contribution is 0.0947. The van der Waals surface area contributed by atoms with E-state index in [2.05, 4.69) is 10.6 Å². The summed E-state index contributed by atoms with van der Waals surface area (Å²) in [7, 11) is 3.10. The number of hydrogen-bond donors (Lipinski definition) is 3. The summed E-state index contributed by atoms with van der Waals surface area (Å²) in [4.78, 5) is 24.9. The van der Waals surface area contributed by atoms with Crippen molar-refractivity contribution in [3.8, 4) is 11.5 Å². The maximum absolute atomic E-state index is 12.4. The van der Waals surface area contributed by atoms with Crippen LogP contribution in [0.25, 0.3) is 0 Å². The van der Waals surface area contributed by atoms with Crippen molar-refractivity contribution < 1.29 is 24.2 Å². The monoisotopic (exact) mass is 384 g/mol. The molecule has 3 N–H and O–H groups in total. The Hall–Kier alpha value is -3.06. The van der Waals surface area contributed by atoms with Crippen LogP contribution in [0.4, 0.5) is 0 Å². The van der Waals surface area contributed by atoms with Crippen LogP contribution in [0.3, 0.4) is 0 Å². The second-order valence-corrected chi connectivity index (χ2v) is 6.47. The number of aliphatic hydroxyl groups excluding tert-OH is 1. The first-order chi connectivity index (χ1) is 13.5. The van der Waals surface area contributed by atoms with E-state index < -0.39 is 6.10 Å². The number of rotatable bonds is 6. The van der Waals surface area contributed by atoms with E-state index in [0.717, 1.165) is 5.56 Å². The fourth-order valence-corrected chi connectivity index (χ4v) is 3.50. The zero-order valence-corrected chi connectivity index (χ0v) is 16.1. The van der Waals surface area contributed by atoms with Crippen LogP contribution in [0.2, 0.25) is 0 Å². The van der Waals surface area contributed by atoms with Gasteiger partial charge in [-0.3, -0.25) is 9.59 Å². The lowest BCUT2D eigenvalue weighted by Gasteiger charge is -2.18. The standard InChI is InChI=1S/C21H24N2O5/c1-4-23-20(25)13-9-15-18(12-6-5-7-14(8-12)27-3)17(11-24)28-19(15)16(10-13)21(26)22-2/h5-10,17-18,24H,4,11H2,1-3H3,(H,22,26)(H,23,25)/t17?,18-/m0/s1. The molecule has 0 saturated heterocycles. The number of carbonyl (C=O) groups excluding carboxylic acids is 2. The molecule has 0 saturated carbocycles. The lowest BCUT2D eigenvalue weighted by Crippen LogP contribution is -2.24. The van der Waals surface area contributed by atoms with E-state index in [1.54, 1.807) is 13.2 Å². The van der Waals surface area contributed by atoms with Gasteiger partial charge in [-0.1, -0.05) is 12.1 Å². The van der Waals surface area contributed by atoms with E-state index in [1.165, 1.54) is 13.1 Å². The maximum Gasteiger partial charge on any atom is 0.254 e. The van der Waals surface area contributed by atoms with Gasteiger partial charge in [0.25, 0.3) is 11.8 Å². The molecule has 2 aromatic carbocycles. The van der Waals surface area contributed by atoms with Gasteiger partial charge in [-0.05, 0) is 36.8 Å². The van der Waals surface area contributed by atoms with Crippen molar-refractivity contribution in [2.24, 2.45) is 0 Å². The Morgan fingerprint density at radius 1 is 1.21 bits per heavy atom. The van der Waals surface area contributed by atoms with Crippen LogP contribution < -0.4 is 20.1 Å². The number of fused-ring (bicyclic) bond motifs is 1. The van der Waals surface area contributed by atoms with Gasteiger partial charge in [-0.2, -0.15) is 0 Å². The quantitative estimate of drug-likeness (QED) is 0.704. The van der Waals surface area contributed by atoms with E-state index >= 15 is 0 Å². The first-order valence-corrected chi connectivity index (χ1v) is 9.13. The van der Waals surface area contributed by atoms with E-state index in [0.29, 0.717) is 29.2 Å². The minimum absolute atomic E-state index is 0.236. The molecule has 1 aliphatic rings. The largest absolute Gasteiger partial charge is 0.497 e. The molecule has 7 heteroatoms. The molecule has 2 amide bonds. The smallest absolute Gasteiger partial charge is 0.254 e. The van der Waals surface area contributed by atoms with Crippen molar-refractivity contribution in [1.29, 1.82) is 0 Å². The Morgan fingerprint density at radius 2 is 2.00 bits per heavy atom. The number of aliphatic hydroxyl groups is 1. The molecule has 0 aromatic heterocycles. The zero-order valence-electron chi connectivity index (χ0n) is 16.1. The molecule has 2 aromatic rings. The van der Waals surface area contributed by atoms with Gasteiger partial charge in [0.2, 0.25) is 0 Å².